The second-order valence-electron chi connectivity index (χ2n) is 5.75. The van der Waals surface area contributed by atoms with Gasteiger partial charge < -0.3 is 9.88 Å². The van der Waals surface area contributed by atoms with Crippen molar-refractivity contribution < 1.29 is 0 Å². The molecule has 2 aliphatic carbocycles. The van der Waals surface area contributed by atoms with Gasteiger partial charge >= 0.3 is 0 Å². The topological polar surface area (TPSA) is 17.0 Å². The van der Waals surface area contributed by atoms with Gasteiger partial charge in [0, 0.05) is 26.0 Å². The molecule has 1 aromatic heterocycles. The molecule has 2 bridgehead atoms. The first-order valence-corrected chi connectivity index (χ1v) is 6.63. The summed E-state index contributed by atoms with van der Waals surface area (Å²) in [5.74, 6) is 3.10. The average Bonchev–Trinajstić information content (AvgIpc) is 2.94. The predicted molar refractivity (Wildman–Crippen MR) is 66.1 cm³/mol. The van der Waals surface area contributed by atoms with Gasteiger partial charge in [-0.05, 0) is 55.2 Å². The fourth-order valence-corrected chi connectivity index (χ4v) is 3.69. The van der Waals surface area contributed by atoms with Crippen LogP contribution >= 0.6 is 0 Å². The summed E-state index contributed by atoms with van der Waals surface area (Å²) in [7, 11) is 2.08. The van der Waals surface area contributed by atoms with Gasteiger partial charge in [0.05, 0.1) is 0 Å². The molecule has 88 valence electrons. The number of aromatic nitrogens is 1. The molecule has 0 aromatic carbocycles. The molecule has 0 aliphatic heterocycles. The van der Waals surface area contributed by atoms with Crippen molar-refractivity contribution >= 4 is 0 Å². The molecule has 2 fully saturated rings. The summed E-state index contributed by atoms with van der Waals surface area (Å²) in [4.78, 5) is 0. The largest absolute Gasteiger partial charge is 0.357 e. The van der Waals surface area contributed by atoms with E-state index in [0.717, 1.165) is 24.3 Å². The minimum absolute atomic E-state index is 0.975. The normalized spacial score (nSPS) is 32.4. The van der Waals surface area contributed by atoms with Crippen molar-refractivity contribution in [2.24, 2.45) is 24.8 Å². The van der Waals surface area contributed by atoms with Gasteiger partial charge in [-0.15, -0.1) is 0 Å². The Bertz CT molecular complexity index is 355. The molecule has 0 saturated heterocycles. The molecule has 3 rings (SSSR count). The number of nitrogens with zero attached hydrogens (tertiary/aromatic N) is 1. The average molecular weight is 218 g/mol. The summed E-state index contributed by atoms with van der Waals surface area (Å²) in [6.45, 7) is 2.27. The van der Waals surface area contributed by atoms with Crippen LogP contribution in [0.25, 0.3) is 0 Å². The van der Waals surface area contributed by atoms with Crippen molar-refractivity contribution in [2.45, 2.75) is 32.2 Å². The highest BCUT2D eigenvalue weighted by atomic mass is 14.9. The molecule has 3 atom stereocenters. The molecule has 3 unspecified atom stereocenters. The minimum Gasteiger partial charge on any atom is -0.357 e. The molecule has 2 heteroatoms. The number of nitrogens with one attached hydrogen (secondary N) is 1. The first-order valence-electron chi connectivity index (χ1n) is 6.63. The Morgan fingerprint density at radius 1 is 1.38 bits per heavy atom. The van der Waals surface area contributed by atoms with Crippen LogP contribution < -0.4 is 5.32 Å². The van der Waals surface area contributed by atoms with Crippen LogP contribution in [-0.4, -0.2) is 11.1 Å². The quantitative estimate of drug-likeness (QED) is 0.822. The second kappa shape index (κ2) is 4.25. The van der Waals surface area contributed by atoms with E-state index < -0.39 is 0 Å². The smallest absolute Gasteiger partial charge is 0.0220 e. The molecule has 2 nitrogen and oxygen atoms in total. The van der Waals surface area contributed by atoms with Crippen molar-refractivity contribution in [3.05, 3.63) is 24.0 Å². The zero-order chi connectivity index (χ0) is 11.0. The maximum atomic E-state index is 3.63. The van der Waals surface area contributed by atoms with Gasteiger partial charge in [0.25, 0.3) is 0 Å². The highest BCUT2D eigenvalue weighted by molar-refractivity contribution is 5.09. The van der Waals surface area contributed by atoms with Gasteiger partial charge in [0.1, 0.15) is 0 Å². The summed E-state index contributed by atoms with van der Waals surface area (Å²) in [5, 5.41) is 3.63. The van der Waals surface area contributed by atoms with Crippen LogP contribution in [-0.2, 0) is 13.6 Å². The van der Waals surface area contributed by atoms with Crippen molar-refractivity contribution in [3.63, 3.8) is 0 Å². The third-order valence-corrected chi connectivity index (χ3v) is 4.51. The molecule has 2 saturated carbocycles. The Labute approximate surface area is 98.0 Å². The molecule has 0 spiro atoms. The highest BCUT2D eigenvalue weighted by Crippen LogP contribution is 2.47. The SMILES string of the molecule is Cn1ccc(CNCC2CC3CCC2C3)c1. The molecule has 0 amide bonds. The van der Waals surface area contributed by atoms with E-state index in [-0.39, 0.29) is 0 Å². The standard InChI is InChI=1S/C14H22N2/c1-16-5-4-12(10-16)8-15-9-14-7-11-2-3-13(14)6-11/h4-5,10-11,13-15H,2-3,6-9H2,1H3. The molecule has 0 radical (unpaired) electrons. The Balaban J connectivity index is 1.44. The molecule has 1 aromatic rings. The summed E-state index contributed by atoms with van der Waals surface area (Å²) >= 11 is 0. The van der Waals surface area contributed by atoms with E-state index in [2.05, 4.69) is 35.4 Å². The predicted octanol–water partition coefficient (Wildman–Crippen LogP) is 2.55. The summed E-state index contributed by atoms with van der Waals surface area (Å²) in [5.41, 5.74) is 1.41. The van der Waals surface area contributed by atoms with E-state index in [1.807, 2.05) is 0 Å². The summed E-state index contributed by atoms with van der Waals surface area (Å²) < 4.78 is 2.12. The Hall–Kier alpha value is -0.760. The van der Waals surface area contributed by atoms with E-state index in [0.29, 0.717) is 0 Å². The van der Waals surface area contributed by atoms with E-state index in [1.54, 1.807) is 0 Å². The number of aryl methyl sites for hydroxylation is 1. The van der Waals surface area contributed by atoms with Crippen molar-refractivity contribution in [3.8, 4) is 0 Å². The lowest BCUT2D eigenvalue weighted by Crippen LogP contribution is -2.26. The lowest BCUT2D eigenvalue weighted by Gasteiger charge is -2.21. The van der Waals surface area contributed by atoms with Gasteiger partial charge in [-0.1, -0.05) is 6.42 Å². The van der Waals surface area contributed by atoms with Crippen molar-refractivity contribution in [2.75, 3.05) is 6.54 Å². The van der Waals surface area contributed by atoms with Gasteiger partial charge in [-0.2, -0.15) is 0 Å². The van der Waals surface area contributed by atoms with Crippen LogP contribution in [0.1, 0.15) is 31.2 Å². The van der Waals surface area contributed by atoms with Crippen LogP contribution in [0.2, 0.25) is 0 Å². The zero-order valence-electron chi connectivity index (χ0n) is 10.2. The first kappa shape index (κ1) is 10.4. The van der Waals surface area contributed by atoms with E-state index in [4.69, 9.17) is 0 Å². The van der Waals surface area contributed by atoms with E-state index >= 15 is 0 Å². The van der Waals surface area contributed by atoms with E-state index in [9.17, 15) is 0 Å². The summed E-state index contributed by atoms with van der Waals surface area (Å²) in [6, 6.07) is 2.20. The Kier molecular flexibility index (Phi) is 2.76. The van der Waals surface area contributed by atoms with Crippen LogP contribution in [0.5, 0.6) is 0 Å². The molecule has 1 heterocycles. The molecule has 2 aliphatic rings. The third kappa shape index (κ3) is 2.03. The number of rotatable bonds is 4. The lowest BCUT2D eigenvalue weighted by molar-refractivity contribution is 0.318. The number of fused-ring (bicyclic) bond motifs is 2. The zero-order valence-corrected chi connectivity index (χ0v) is 10.2. The highest BCUT2D eigenvalue weighted by Gasteiger charge is 2.38. The Morgan fingerprint density at radius 2 is 2.31 bits per heavy atom. The van der Waals surface area contributed by atoms with E-state index in [1.165, 1.54) is 37.8 Å². The first-order chi connectivity index (χ1) is 7.81. The number of hydrogen-bond donors (Lipinski definition) is 1. The second-order valence-corrected chi connectivity index (χ2v) is 5.75. The minimum atomic E-state index is 0.975. The van der Waals surface area contributed by atoms with Crippen LogP contribution in [0.3, 0.4) is 0 Å². The Morgan fingerprint density at radius 3 is 2.94 bits per heavy atom. The van der Waals surface area contributed by atoms with Gasteiger partial charge in [-0.3, -0.25) is 0 Å². The maximum absolute atomic E-state index is 3.63. The summed E-state index contributed by atoms with van der Waals surface area (Å²) in [6.07, 6.45) is 10.4. The van der Waals surface area contributed by atoms with Gasteiger partial charge in [0.15, 0.2) is 0 Å². The van der Waals surface area contributed by atoms with Gasteiger partial charge in [-0.25, -0.2) is 0 Å². The van der Waals surface area contributed by atoms with Crippen molar-refractivity contribution in [1.29, 1.82) is 0 Å². The lowest BCUT2D eigenvalue weighted by atomic mass is 9.89. The third-order valence-electron chi connectivity index (χ3n) is 4.51. The fourth-order valence-electron chi connectivity index (χ4n) is 3.69. The maximum Gasteiger partial charge on any atom is 0.0220 e. The molecule has 1 N–H and O–H groups in total. The monoisotopic (exact) mass is 218 g/mol. The van der Waals surface area contributed by atoms with Crippen LogP contribution in [0.4, 0.5) is 0 Å². The molecular formula is C14H22N2. The fraction of sp³-hybridized carbons (Fsp3) is 0.714. The van der Waals surface area contributed by atoms with Gasteiger partial charge in [0.2, 0.25) is 0 Å². The van der Waals surface area contributed by atoms with Crippen LogP contribution in [0.15, 0.2) is 18.5 Å². The molecular weight excluding hydrogens is 196 g/mol. The van der Waals surface area contributed by atoms with Crippen molar-refractivity contribution in [1.82, 2.24) is 9.88 Å². The number of hydrogen-bond acceptors (Lipinski definition) is 1. The molecule has 16 heavy (non-hydrogen) atoms. The van der Waals surface area contributed by atoms with Crippen LogP contribution in [0, 0.1) is 17.8 Å².